The van der Waals surface area contributed by atoms with Crippen molar-refractivity contribution in [3.63, 3.8) is 0 Å². The lowest BCUT2D eigenvalue weighted by atomic mass is 10.1. The average Bonchev–Trinajstić information content (AvgIpc) is 3.16. The van der Waals surface area contributed by atoms with E-state index in [2.05, 4.69) is 51.7 Å². The Morgan fingerprint density at radius 3 is 2.37 bits per heavy atom. The molecule has 0 radical (unpaired) electrons. The maximum Gasteiger partial charge on any atom is 0.260 e. The zero-order chi connectivity index (χ0) is 21.7. The summed E-state index contributed by atoms with van der Waals surface area (Å²) in [4.78, 5) is 23.8. The van der Waals surface area contributed by atoms with Crippen LogP contribution < -0.4 is 4.90 Å². The van der Waals surface area contributed by atoms with Crippen LogP contribution in [0.5, 0.6) is 0 Å². The Bertz CT molecular complexity index is 994. The molecule has 0 aliphatic carbocycles. The van der Waals surface area contributed by atoms with E-state index in [1.807, 2.05) is 29.2 Å². The average molecular weight is 442 g/mol. The summed E-state index contributed by atoms with van der Waals surface area (Å²) in [6.45, 7) is 14.0. The quantitative estimate of drug-likeness (QED) is 0.381. The molecule has 3 aromatic rings. The number of thioether (sulfide) groups is 1. The van der Waals surface area contributed by atoms with Crippen LogP contribution in [-0.2, 0) is 0 Å². The fourth-order valence-electron chi connectivity index (χ4n) is 3.56. The standard InChI is InChI=1S/C24H31N3OS2/c1-6-26(7-2)13-14-27(23(28)19-9-11-20(12-10-19)29-8-3)24-25-22-18(5)15-17(4)16-21(22)30-24/h9-12,15-16H,6-8,13-14H2,1-5H3. The molecule has 0 saturated carbocycles. The Morgan fingerprint density at radius 2 is 1.73 bits per heavy atom. The summed E-state index contributed by atoms with van der Waals surface area (Å²) in [5.41, 5.74) is 4.09. The van der Waals surface area contributed by atoms with Gasteiger partial charge in [0.05, 0.1) is 10.2 Å². The van der Waals surface area contributed by atoms with Gasteiger partial charge in [-0.05, 0) is 74.1 Å². The summed E-state index contributed by atoms with van der Waals surface area (Å²) in [5.74, 6) is 1.04. The van der Waals surface area contributed by atoms with Gasteiger partial charge in [0, 0.05) is 23.5 Å². The third kappa shape index (κ3) is 5.23. The number of benzene rings is 2. The van der Waals surface area contributed by atoms with Crippen molar-refractivity contribution in [2.45, 2.75) is 39.5 Å². The molecule has 1 heterocycles. The highest BCUT2D eigenvalue weighted by Crippen LogP contribution is 2.32. The Kier molecular flexibility index (Phi) is 7.92. The number of aryl methyl sites for hydroxylation is 2. The number of hydrogen-bond donors (Lipinski definition) is 0. The maximum absolute atomic E-state index is 13.5. The number of rotatable bonds is 9. The first-order valence-electron chi connectivity index (χ1n) is 10.6. The lowest BCUT2D eigenvalue weighted by molar-refractivity contribution is 0.0983. The van der Waals surface area contributed by atoms with Crippen molar-refractivity contribution in [1.29, 1.82) is 0 Å². The molecule has 1 amide bonds. The number of thiazole rings is 1. The molecule has 0 bridgehead atoms. The maximum atomic E-state index is 13.5. The van der Waals surface area contributed by atoms with Gasteiger partial charge < -0.3 is 4.90 Å². The molecule has 6 heteroatoms. The number of carbonyl (C=O) groups excluding carboxylic acids is 1. The Labute approximate surface area is 188 Å². The topological polar surface area (TPSA) is 36.4 Å². The van der Waals surface area contributed by atoms with Crippen molar-refractivity contribution in [1.82, 2.24) is 9.88 Å². The van der Waals surface area contributed by atoms with E-state index in [9.17, 15) is 4.79 Å². The van der Waals surface area contributed by atoms with Crippen molar-refractivity contribution in [2.24, 2.45) is 0 Å². The van der Waals surface area contributed by atoms with Crippen LogP contribution in [0, 0.1) is 13.8 Å². The van der Waals surface area contributed by atoms with Crippen LogP contribution in [-0.4, -0.2) is 47.7 Å². The van der Waals surface area contributed by atoms with Crippen LogP contribution in [0.3, 0.4) is 0 Å². The van der Waals surface area contributed by atoms with E-state index < -0.39 is 0 Å². The van der Waals surface area contributed by atoms with E-state index in [4.69, 9.17) is 4.98 Å². The molecule has 0 aliphatic rings. The molecule has 160 valence electrons. The Morgan fingerprint density at radius 1 is 1.03 bits per heavy atom. The van der Waals surface area contributed by atoms with Crippen molar-refractivity contribution in [2.75, 3.05) is 36.8 Å². The van der Waals surface area contributed by atoms with Gasteiger partial charge in [-0.15, -0.1) is 11.8 Å². The van der Waals surface area contributed by atoms with Gasteiger partial charge in [0.15, 0.2) is 5.13 Å². The minimum atomic E-state index is 0.0173. The number of carbonyl (C=O) groups is 1. The van der Waals surface area contributed by atoms with Crippen LogP contribution in [0.1, 0.15) is 42.3 Å². The van der Waals surface area contributed by atoms with Crippen molar-refractivity contribution in [3.8, 4) is 0 Å². The third-order valence-electron chi connectivity index (χ3n) is 5.24. The molecule has 0 N–H and O–H groups in total. The van der Waals surface area contributed by atoms with Gasteiger partial charge in [-0.25, -0.2) is 4.98 Å². The third-order valence-corrected chi connectivity index (χ3v) is 7.16. The Hall–Kier alpha value is -1.89. The summed E-state index contributed by atoms with van der Waals surface area (Å²) in [6, 6.07) is 12.3. The molecule has 3 rings (SSSR count). The molecular weight excluding hydrogens is 410 g/mol. The van der Waals surface area contributed by atoms with Gasteiger partial charge in [-0.3, -0.25) is 9.69 Å². The SMILES string of the molecule is CCSc1ccc(C(=O)N(CCN(CC)CC)c2nc3c(C)cc(C)cc3s2)cc1. The molecule has 0 fully saturated rings. The molecular formula is C24H31N3OS2. The number of fused-ring (bicyclic) bond motifs is 1. The van der Waals surface area contributed by atoms with Crippen LogP contribution in [0.4, 0.5) is 5.13 Å². The normalized spacial score (nSPS) is 11.4. The number of nitrogens with zero attached hydrogens (tertiary/aromatic N) is 3. The van der Waals surface area contributed by atoms with Gasteiger partial charge in [-0.2, -0.15) is 0 Å². The van der Waals surface area contributed by atoms with Gasteiger partial charge in [0.2, 0.25) is 0 Å². The summed E-state index contributed by atoms with van der Waals surface area (Å²) in [6.07, 6.45) is 0. The van der Waals surface area contributed by atoms with Crippen LogP contribution in [0.2, 0.25) is 0 Å². The highest BCUT2D eigenvalue weighted by Gasteiger charge is 2.22. The highest BCUT2D eigenvalue weighted by molar-refractivity contribution is 7.99. The number of amides is 1. The molecule has 0 saturated heterocycles. The molecule has 0 spiro atoms. The zero-order valence-corrected chi connectivity index (χ0v) is 20.2. The van der Waals surface area contributed by atoms with E-state index in [1.54, 1.807) is 23.1 Å². The number of anilines is 1. The molecule has 2 aromatic carbocycles. The minimum absolute atomic E-state index is 0.0173. The molecule has 4 nitrogen and oxygen atoms in total. The van der Waals surface area contributed by atoms with Crippen molar-refractivity contribution >= 4 is 44.4 Å². The van der Waals surface area contributed by atoms with Crippen LogP contribution in [0.25, 0.3) is 10.2 Å². The number of aromatic nitrogens is 1. The van der Waals surface area contributed by atoms with Gasteiger partial charge in [-0.1, -0.05) is 38.2 Å². The summed E-state index contributed by atoms with van der Waals surface area (Å²) >= 11 is 3.39. The highest BCUT2D eigenvalue weighted by atomic mass is 32.2. The van der Waals surface area contributed by atoms with E-state index in [1.165, 1.54) is 10.5 Å². The predicted molar refractivity (Wildman–Crippen MR) is 131 cm³/mol. The summed E-state index contributed by atoms with van der Waals surface area (Å²) < 4.78 is 1.14. The molecule has 0 atom stereocenters. The molecule has 0 aliphatic heterocycles. The molecule has 1 aromatic heterocycles. The van der Waals surface area contributed by atoms with Gasteiger partial charge >= 0.3 is 0 Å². The fourth-order valence-corrected chi connectivity index (χ4v) is 5.38. The van der Waals surface area contributed by atoms with Crippen LogP contribution in [0.15, 0.2) is 41.3 Å². The number of likely N-dealkylation sites (N-methyl/N-ethyl adjacent to an activating group) is 1. The van der Waals surface area contributed by atoms with Crippen molar-refractivity contribution < 1.29 is 4.79 Å². The second-order valence-corrected chi connectivity index (χ2v) is 9.71. The summed E-state index contributed by atoms with van der Waals surface area (Å²) in [5, 5.41) is 0.780. The zero-order valence-electron chi connectivity index (χ0n) is 18.6. The predicted octanol–water partition coefficient (Wildman–Crippen LogP) is 6.01. The largest absolute Gasteiger partial charge is 0.302 e. The van der Waals surface area contributed by atoms with E-state index >= 15 is 0 Å². The lowest BCUT2D eigenvalue weighted by Crippen LogP contribution is -2.38. The minimum Gasteiger partial charge on any atom is -0.302 e. The first-order chi connectivity index (χ1) is 14.5. The smallest absolute Gasteiger partial charge is 0.260 e. The Balaban J connectivity index is 1.95. The first-order valence-corrected chi connectivity index (χ1v) is 12.4. The van der Waals surface area contributed by atoms with Crippen LogP contribution >= 0.6 is 23.1 Å². The lowest BCUT2D eigenvalue weighted by Gasteiger charge is -2.24. The van der Waals surface area contributed by atoms with E-state index in [-0.39, 0.29) is 5.91 Å². The van der Waals surface area contributed by atoms with Gasteiger partial charge in [0.1, 0.15) is 0 Å². The van der Waals surface area contributed by atoms with E-state index in [0.717, 1.165) is 46.3 Å². The number of hydrogen-bond acceptors (Lipinski definition) is 5. The van der Waals surface area contributed by atoms with Gasteiger partial charge in [0.25, 0.3) is 5.91 Å². The van der Waals surface area contributed by atoms with Crippen molar-refractivity contribution in [3.05, 3.63) is 53.1 Å². The summed E-state index contributed by atoms with van der Waals surface area (Å²) in [7, 11) is 0. The van der Waals surface area contributed by atoms with E-state index in [0.29, 0.717) is 12.1 Å². The second-order valence-electron chi connectivity index (χ2n) is 7.37. The monoisotopic (exact) mass is 441 g/mol. The fraction of sp³-hybridized carbons (Fsp3) is 0.417. The molecule has 0 unspecified atom stereocenters. The first kappa shape index (κ1) is 22.8. The molecule has 30 heavy (non-hydrogen) atoms. The second kappa shape index (κ2) is 10.4.